The van der Waals surface area contributed by atoms with Gasteiger partial charge in [0.2, 0.25) is 0 Å². The van der Waals surface area contributed by atoms with Crippen molar-refractivity contribution in [1.82, 2.24) is 4.90 Å². The standard InChI is InChI=1S/C14H27NO2S/c1-3-13-9-17-12(2)8-15(13)10-14(11-18)4-6-16-7-5-14/h12-13,18H,3-11H2,1-2H3. The number of thiol groups is 1. The zero-order valence-corrected chi connectivity index (χ0v) is 12.6. The van der Waals surface area contributed by atoms with E-state index in [-0.39, 0.29) is 0 Å². The summed E-state index contributed by atoms with van der Waals surface area (Å²) in [5.41, 5.74) is 0.353. The Labute approximate surface area is 117 Å². The molecule has 106 valence electrons. The van der Waals surface area contributed by atoms with Crippen LogP contribution in [0.1, 0.15) is 33.1 Å². The van der Waals surface area contributed by atoms with Crippen LogP contribution in [0.15, 0.2) is 0 Å². The zero-order valence-electron chi connectivity index (χ0n) is 11.7. The van der Waals surface area contributed by atoms with Crippen LogP contribution in [-0.4, -0.2) is 55.7 Å². The Hall–Kier alpha value is 0.230. The largest absolute Gasteiger partial charge is 0.381 e. The molecule has 0 spiro atoms. The maximum absolute atomic E-state index is 5.78. The predicted octanol–water partition coefficient (Wildman–Crippen LogP) is 2.21. The van der Waals surface area contributed by atoms with Crippen molar-refractivity contribution in [2.24, 2.45) is 5.41 Å². The molecule has 18 heavy (non-hydrogen) atoms. The third kappa shape index (κ3) is 3.41. The highest BCUT2D eigenvalue weighted by Gasteiger charge is 2.36. The maximum Gasteiger partial charge on any atom is 0.0674 e. The average molecular weight is 273 g/mol. The molecule has 2 rings (SSSR count). The van der Waals surface area contributed by atoms with Crippen LogP contribution in [-0.2, 0) is 9.47 Å². The van der Waals surface area contributed by atoms with Crippen molar-refractivity contribution >= 4 is 12.6 Å². The number of ether oxygens (including phenoxy) is 2. The van der Waals surface area contributed by atoms with E-state index in [0.29, 0.717) is 17.6 Å². The molecule has 2 aliphatic rings. The Balaban J connectivity index is 1.99. The van der Waals surface area contributed by atoms with Crippen LogP contribution < -0.4 is 0 Å². The molecule has 0 aromatic carbocycles. The molecular weight excluding hydrogens is 246 g/mol. The summed E-state index contributed by atoms with van der Waals surface area (Å²) in [5, 5.41) is 0. The van der Waals surface area contributed by atoms with E-state index in [9.17, 15) is 0 Å². The van der Waals surface area contributed by atoms with Crippen LogP contribution in [0.5, 0.6) is 0 Å². The van der Waals surface area contributed by atoms with Crippen LogP contribution in [0, 0.1) is 5.41 Å². The smallest absolute Gasteiger partial charge is 0.0674 e. The lowest BCUT2D eigenvalue weighted by molar-refractivity contribution is -0.0792. The molecule has 0 bridgehead atoms. The third-order valence-electron chi connectivity index (χ3n) is 4.48. The van der Waals surface area contributed by atoms with Crippen molar-refractivity contribution in [3.8, 4) is 0 Å². The lowest BCUT2D eigenvalue weighted by Crippen LogP contribution is -2.53. The molecule has 2 saturated heterocycles. The molecular formula is C14H27NO2S. The molecule has 2 atom stereocenters. The van der Waals surface area contributed by atoms with Gasteiger partial charge in [-0.1, -0.05) is 6.92 Å². The molecule has 0 saturated carbocycles. The maximum atomic E-state index is 5.78. The van der Waals surface area contributed by atoms with Gasteiger partial charge in [0.05, 0.1) is 12.7 Å². The average Bonchev–Trinajstić information content (AvgIpc) is 2.40. The van der Waals surface area contributed by atoms with Gasteiger partial charge < -0.3 is 9.47 Å². The van der Waals surface area contributed by atoms with Crippen molar-refractivity contribution in [3.05, 3.63) is 0 Å². The summed E-state index contributed by atoms with van der Waals surface area (Å²) in [6.07, 6.45) is 3.84. The van der Waals surface area contributed by atoms with Gasteiger partial charge in [-0.3, -0.25) is 4.90 Å². The highest BCUT2D eigenvalue weighted by Crippen LogP contribution is 2.34. The number of nitrogens with zero attached hydrogens (tertiary/aromatic N) is 1. The van der Waals surface area contributed by atoms with E-state index in [1.165, 1.54) is 6.42 Å². The molecule has 0 aliphatic carbocycles. The Morgan fingerprint density at radius 2 is 2.06 bits per heavy atom. The fourth-order valence-corrected chi connectivity index (χ4v) is 3.50. The van der Waals surface area contributed by atoms with Gasteiger partial charge in [-0.15, -0.1) is 0 Å². The minimum atomic E-state index is 0.353. The fraction of sp³-hybridized carbons (Fsp3) is 1.00. The second kappa shape index (κ2) is 6.60. The molecule has 2 fully saturated rings. The first kappa shape index (κ1) is 14.6. The van der Waals surface area contributed by atoms with Gasteiger partial charge in [-0.2, -0.15) is 12.6 Å². The molecule has 0 amide bonds. The third-order valence-corrected chi connectivity index (χ3v) is 5.15. The van der Waals surface area contributed by atoms with Gasteiger partial charge in [0, 0.05) is 32.3 Å². The molecule has 2 heterocycles. The number of rotatable bonds is 4. The highest BCUT2D eigenvalue weighted by molar-refractivity contribution is 7.80. The van der Waals surface area contributed by atoms with Gasteiger partial charge in [0.15, 0.2) is 0 Å². The zero-order chi connectivity index (χ0) is 13.0. The number of hydrogen-bond donors (Lipinski definition) is 1. The second-order valence-electron chi connectivity index (χ2n) is 5.91. The second-order valence-corrected chi connectivity index (χ2v) is 6.22. The van der Waals surface area contributed by atoms with Gasteiger partial charge in [-0.25, -0.2) is 0 Å². The Morgan fingerprint density at radius 3 is 2.67 bits per heavy atom. The normalized spacial score (nSPS) is 33.5. The molecule has 4 heteroatoms. The molecule has 0 N–H and O–H groups in total. The van der Waals surface area contributed by atoms with E-state index in [0.717, 1.165) is 51.5 Å². The quantitative estimate of drug-likeness (QED) is 0.794. The van der Waals surface area contributed by atoms with Crippen LogP contribution >= 0.6 is 12.6 Å². The molecule has 0 aromatic rings. The summed E-state index contributed by atoms with van der Waals surface area (Å²) in [6, 6.07) is 0.584. The van der Waals surface area contributed by atoms with Crippen molar-refractivity contribution in [2.75, 3.05) is 38.7 Å². The van der Waals surface area contributed by atoms with Crippen LogP contribution in [0.25, 0.3) is 0 Å². The van der Waals surface area contributed by atoms with Crippen LogP contribution in [0.3, 0.4) is 0 Å². The summed E-state index contributed by atoms with van der Waals surface area (Å²) in [6.45, 7) is 9.34. The molecule has 0 radical (unpaired) electrons. The minimum absolute atomic E-state index is 0.353. The molecule has 2 unspecified atom stereocenters. The SMILES string of the molecule is CCC1COC(C)CN1CC1(CS)CCOCC1. The van der Waals surface area contributed by atoms with E-state index in [2.05, 4.69) is 31.4 Å². The van der Waals surface area contributed by atoms with Gasteiger partial charge in [0.25, 0.3) is 0 Å². The predicted molar refractivity (Wildman–Crippen MR) is 77.4 cm³/mol. The number of morpholine rings is 1. The van der Waals surface area contributed by atoms with E-state index in [4.69, 9.17) is 9.47 Å². The first-order valence-corrected chi connectivity index (χ1v) is 7.86. The highest BCUT2D eigenvalue weighted by atomic mass is 32.1. The minimum Gasteiger partial charge on any atom is -0.381 e. The van der Waals surface area contributed by atoms with Gasteiger partial charge >= 0.3 is 0 Å². The summed E-state index contributed by atoms with van der Waals surface area (Å²) >= 11 is 4.62. The van der Waals surface area contributed by atoms with Crippen molar-refractivity contribution in [3.63, 3.8) is 0 Å². The Bertz CT molecular complexity index is 256. The van der Waals surface area contributed by atoms with Crippen molar-refractivity contribution in [1.29, 1.82) is 0 Å². The van der Waals surface area contributed by atoms with E-state index in [1.807, 2.05) is 0 Å². The van der Waals surface area contributed by atoms with E-state index < -0.39 is 0 Å². The van der Waals surface area contributed by atoms with Gasteiger partial charge in [-0.05, 0) is 37.4 Å². The molecule has 0 aromatic heterocycles. The summed E-state index contributed by atoms with van der Waals surface area (Å²) in [5.74, 6) is 0.971. The van der Waals surface area contributed by atoms with Crippen LogP contribution in [0.4, 0.5) is 0 Å². The van der Waals surface area contributed by atoms with E-state index in [1.54, 1.807) is 0 Å². The fourth-order valence-electron chi connectivity index (χ4n) is 3.08. The Kier molecular flexibility index (Phi) is 5.36. The van der Waals surface area contributed by atoms with Gasteiger partial charge in [0.1, 0.15) is 0 Å². The summed E-state index contributed by atoms with van der Waals surface area (Å²) < 4.78 is 11.3. The lowest BCUT2D eigenvalue weighted by atomic mass is 9.81. The van der Waals surface area contributed by atoms with Crippen molar-refractivity contribution < 1.29 is 9.47 Å². The Morgan fingerprint density at radius 1 is 1.33 bits per heavy atom. The molecule has 2 aliphatic heterocycles. The first-order chi connectivity index (χ1) is 8.69. The summed E-state index contributed by atoms with van der Waals surface area (Å²) in [4.78, 5) is 2.63. The summed E-state index contributed by atoms with van der Waals surface area (Å²) in [7, 11) is 0. The van der Waals surface area contributed by atoms with E-state index >= 15 is 0 Å². The number of hydrogen-bond acceptors (Lipinski definition) is 4. The monoisotopic (exact) mass is 273 g/mol. The molecule has 3 nitrogen and oxygen atoms in total. The first-order valence-electron chi connectivity index (χ1n) is 7.23. The topological polar surface area (TPSA) is 21.7 Å². The lowest BCUT2D eigenvalue weighted by Gasteiger charge is -2.45. The van der Waals surface area contributed by atoms with Crippen molar-refractivity contribution in [2.45, 2.75) is 45.3 Å². The van der Waals surface area contributed by atoms with Crippen LogP contribution in [0.2, 0.25) is 0 Å².